The third-order valence-electron chi connectivity index (χ3n) is 14.3. The molecule has 0 saturated carbocycles. The molecule has 0 spiro atoms. The van der Waals surface area contributed by atoms with Crippen LogP contribution >= 0.6 is 0 Å². The molecule has 0 radical (unpaired) electrons. The van der Waals surface area contributed by atoms with Gasteiger partial charge in [0, 0.05) is 45.1 Å². The van der Waals surface area contributed by atoms with Crippen molar-refractivity contribution in [3.05, 3.63) is 65.7 Å². The summed E-state index contributed by atoms with van der Waals surface area (Å²) in [5.41, 5.74) is 6.37. The second-order valence-electron chi connectivity index (χ2n) is 21.5. The number of nitrogens with zero attached hydrogens (tertiary/aromatic N) is 1. The van der Waals surface area contributed by atoms with Crippen molar-refractivity contribution < 1.29 is 120 Å². The zero-order valence-electron chi connectivity index (χ0n) is 50.1. The van der Waals surface area contributed by atoms with E-state index in [2.05, 4.69) is 46.7 Å². The standard InChI is InChI=1S/C56H76N10O25S/c1-4-28(2)46(65-51(81)37(19-23-44(73)74)60-48(78)34(16-20-41(67)68)61-53(83)39(25-30-9-6-5-7-10-30)63-47(77)33(57)27-45(75)76)55(85)66-24-8-11-40(66)54(84)62-36(18-22-43(71)72)49(79)59-35(17-21-42(69)70)50(80)64-38(52(82)58-29(3)56(86)87)26-31-12-14-32(15-13-31)91-92(88,89)90/h5-7,9-10,12-15,28-29,33-40,46H,4,8,11,16-27,57H2,1-3H3,(H,58,82)(H,59,79)(H,60,78)(H,61,83)(H,62,84)(H,63,77)(H,64,80)(H,65,81)(H,67,68)(H,69,70)(H,71,72)(H,73,74)(H,75,76)(H,86,87)(H,88,89,90)/t28-,29-,33-,34-,35-,36-,37-,38-,39-,40-,46-/m0/s1. The van der Waals surface area contributed by atoms with E-state index in [1.54, 1.807) is 37.3 Å². The number of amides is 9. The van der Waals surface area contributed by atoms with Crippen LogP contribution in [0.1, 0.15) is 109 Å². The molecule has 2 aromatic rings. The number of nitrogens with two attached hydrogens (primary N) is 1. The molecule has 1 saturated heterocycles. The molecule has 1 heterocycles. The lowest BCUT2D eigenvalue weighted by atomic mass is 9.96. The minimum absolute atomic E-state index is 0.0956. The number of carbonyl (C=O) groups excluding carboxylic acids is 9. The Labute approximate surface area is 525 Å². The van der Waals surface area contributed by atoms with Gasteiger partial charge in [-0.3, -0.25) is 76.5 Å². The van der Waals surface area contributed by atoms with E-state index in [9.17, 15) is 111 Å². The lowest BCUT2D eigenvalue weighted by Gasteiger charge is -2.33. The highest BCUT2D eigenvalue weighted by Crippen LogP contribution is 2.23. The van der Waals surface area contributed by atoms with Gasteiger partial charge in [-0.1, -0.05) is 62.7 Å². The number of hydrogen-bond acceptors (Lipinski definition) is 19. The second-order valence-corrected chi connectivity index (χ2v) is 22.5. The Bertz CT molecular complexity index is 3140. The van der Waals surface area contributed by atoms with Gasteiger partial charge in [0.1, 0.15) is 60.1 Å². The van der Waals surface area contributed by atoms with Crippen molar-refractivity contribution >= 4 is 99.4 Å². The van der Waals surface area contributed by atoms with Crippen LogP contribution in [0.25, 0.3) is 0 Å². The Kier molecular flexibility index (Phi) is 30.5. The van der Waals surface area contributed by atoms with Gasteiger partial charge in [-0.05, 0) is 74.6 Å². The predicted octanol–water partition coefficient (Wildman–Crippen LogP) is -3.07. The maximum Gasteiger partial charge on any atom is 0.446 e. The number of aliphatic carboxylic acids is 6. The van der Waals surface area contributed by atoms with Crippen molar-refractivity contribution in [1.29, 1.82) is 0 Å². The quantitative estimate of drug-likeness (QED) is 0.0295. The lowest BCUT2D eigenvalue weighted by Crippen LogP contribution is -2.61. The van der Waals surface area contributed by atoms with Crippen LogP contribution in [0.2, 0.25) is 0 Å². The van der Waals surface area contributed by atoms with E-state index in [0.29, 0.717) is 5.56 Å². The Morgan fingerprint density at radius 2 is 0.924 bits per heavy atom. The lowest BCUT2D eigenvalue weighted by molar-refractivity contribution is -0.144. The summed E-state index contributed by atoms with van der Waals surface area (Å²) in [4.78, 5) is 197. The van der Waals surface area contributed by atoms with Crippen LogP contribution in [-0.4, -0.2) is 204 Å². The maximum atomic E-state index is 14.7. The SMILES string of the molecule is CC[C@H](C)[C@H](NC(=O)[C@H](CCC(=O)O)NC(=O)[C@H](CCC(=O)O)NC(=O)[C@H](Cc1ccccc1)NC(=O)[C@@H](N)CC(=O)O)C(=O)N1CCC[C@H]1C(=O)N[C@@H](CCC(=O)O)C(=O)N[C@@H](CCC(=O)O)C(=O)N[C@@H](Cc1ccc(OS(=O)(=O)O)cc1)C(=O)N[C@@H](C)C(=O)O. The van der Waals surface area contributed by atoms with Crippen LogP contribution < -0.4 is 52.5 Å². The molecule has 36 heteroatoms. The average Bonchev–Trinajstić information content (AvgIpc) is 1.57. The monoisotopic (exact) mass is 1320 g/mol. The summed E-state index contributed by atoms with van der Waals surface area (Å²) >= 11 is 0. The molecule has 0 aromatic heterocycles. The molecular formula is C56H76N10O25S. The van der Waals surface area contributed by atoms with Gasteiger partial charge in [-0.15, -0.1) is 0 Å². The molecule has 0 bridgehead atoms. The number of rotatable bonds is 40. The number of carbonyl (C=O) groups is 15. The highest BCUT2D eigenvalue weighted by atomic mass is 32.3. The van der Waals surface area contributed by atoms with E-state index < -0.39 is 230 Å². The van der Waals surface area contributed by atoms with Gasteiger partial charge in [-0.25, -0.2) is 0 Å². The van der Waals surface area contributed by atoms with Crippen molar-refractivity contribution in [2.75, 3.05) is 6.54 Å². The smallest absolute Gasteiger partial charge is 0.446 e. The van der Waals surface area contributed by atoms with Crippen LogP contribution in [0.15, 0.2) is 54.6 Å². The van der Waals surface area contributed by atoms with E-state index in [-0.39, 0.29) is 43.5 Å². The summed E-state index contributed by atoms with van der Waals surface area (Å²) in [7, 11) is -4.96. The van der Waals surface area contributed by atoms with E-state index >= 15 is 0 Å². The highest BCUT2D eigenvalue weighted by Gasteiger charge is 2.42. The molecule has 2 aromatic carbocycles. The molecule has 3 rings (SSSR count). The minimum Gasteiger partial charge on any atom is -0.481 e. The second kappa shape index (κ2) is 36.7. The molecule has 506 valence electrons. The normalized spacial score (nSPS) is 16.1. The van der Waals surface area contributed by atoms with Crippen LogP contribution in [0.4, 0.5) is 0 Å². The summed E-state index contributed by atoms with van der Waals surface area (Å²) in [5.74, 6) is -20.1. The fourth-order valence-corrected chi connectivity index (χ4v) is 9.52. The molecule has 92 heavy (non-hydrogen) atoms. The molecule has 1 aliphatic rings. The average molecular weight is 1320 g/mol. The summed E-state index contributed by atoms with van der Waals surface area (Å²) in [6.07, 6.45) is -7.22. The number of benzene rings is 2. The van der Waals surface area contributed by atoms with Crippen LogP contribution in [0.5, 0.6) is 5.75 Å². The van der Waals surface area contributed by atoms with Gasteiger partial charge in [0.15, 0.2) is 0 Å². The van der Waals surface area contributed by atoms with Crippen molar-refractivity contribution in [3.63, 3.8) is 0 Å². The van der Waals surface area contributed by atoms with Crippen molar-refractivity contribution in [2.45, 2.75) is 171 Å². The molecular weight excluding hydrogens is 1240 g/mol. The zero-order valence-corrected chi connectivity index (χ0v) is 50.9. The number of nitrogens with one attached hydrogen (secondary N) is 8. The fraction of sp³-hybridized carbons (Fsp3) is 0.518. The molecule has 1 aliphatic heterocycles. The van der Waals surface area contributed by atoms with E-state index in [4.69, 9.17) is 10.3 Å². The Morgan fingerprint density at radius 1 is 0.533 bits per heavy atom. The van der Waals surface area contributed by atoms with E-state index in [1.807, 2.05) is 0 Å². The first-order chi connectivity index (χ1) is 43.1. The van der Waals surface area contributed by atoms with Gasteiger partial charge < -0.3 is 88.0 Å². The molecule has 35 nitrogen and oxygen atoms in total. The highest BCUT2D eigenvalue weighted by molar-refractivity contribution is 7.81. The number of hydrogen-bond donors (Lipinski definition) is 16. The third kappa shape index (κ3) is 26.7. The first-order valence-corrected chi connectivity index (χ1v) is 30.1. The van der Waals surface area contributed by atoms with Gasteiger partial charge in [0.2, 0.25) is 53.2 Å². The largest absolute Gasteiger partial charge is 0.481 e. The zero-order chi connectivity index (χ0) is 69.2. The summed E-state index contributed by atoms with van der Waals surface area (Å²) < 4.78 is 35.8. The topological polar surface area (TPSA) is 567 Å². The van der Waals surface area contributed by atoms with Crippen molar-refractivity contribution in [2.24, 2.45) is 11.7 Å². The van der Waals surface area contributed by atoms with Crippen LogP contribution in [-0.2, 0) is 95.2 Å². The third-order valence-corrected chi connectivity index (χ3v) is 14.7. The van der Waals surface area contributed by atoms with Gasteiger partial charge in [-0.2, -0.15) is 8.42 Å². The number of carboxylic acid groups (broad SMARTS) is 6. The number of carboxylic acids is 6. The summed E-state index contributed by atoms with van der Waals surface area (Å²) in [6.45, 7) is 4.06. The van der Waals surface area contributed by atoms with E-state index in [1.165, 1.54) is 19.1 Å². The molecule has 0 aliphatic carbocycles. The maximum absolute atomic E-state index is 14.7. The van der Waals surface area contributed by atoms with E-state index in [0.717, 1.165) is 24.0 Å². The first-order valence-electron chi connectivity index (χ1n) is 28.7. The molecule has 11 atom stereocenters. The van der Waals surface area contributed by atoms with Crippen LogP contribution in [0.3, 0.4) is 0 Å². The molecule has 9 amide bonds. The first kappa shape index (κ1) is 76.4. The van der Waals surface area contributed by atoms with Crippen molar-refractivity contribution in [1.82, 2.24) is 47.4 Å². The summed E-state index contributed by atoms with van der Waals surface area (Å²) in [5, 5.41) is 75.7. The van der Waals surface area contributed by atoms with Crippen LogP contribution in [0, 0.1) is 5.92 Å². The summed E-state index contributed by atoms with van der Waals surface area (Å²) in [6, 6.07) is -4.30. The van der Waals surface area contributed by atoms with Gasteiger partial charge in [0.25, 0.3) is 0 Å². The fourth-order valence-electron chi connectivity index (χ4n) is 9.16. The van der Waals surface area contributed by atoms with Gasteiger partial charge >= 0.3 is 46.2 Å². The predicted molar refractivity (Wildman–Crippen MR) is 313 cm³/mol. The Morgan fingerprint density at radius 3 is 1.34 bits per heavy atom. The number of likely N-dealkylation sites (tertiary alicyclic amines) is 1. The van der Waals surface area contributed by atoms with Gasteiger partial charge in [0.05, 0.1) is 12.5 Å². The minimum atomic E-state index is -4.96. The Hall–Kier alpha value is -9.84. The molecule has 17 N–H and O–H groups in total. The molecule has 1 fully saturated rings. The Balaban J connectivity index is 1.94. The molecule has 0 unspecified atom stereocenters. The van der Waals surface area contributed by atoms with Crippen molar-refractivity contribution in [3.8, 4) is 5.75 Å².